The number of hydrogen-bond acceptors (Lipinski definition) is 3. The summed E-state index contributed by atoms with van der Waals surface area (Å²) in [6.07, 6.45) is 2.67. The summed E-state index contributed by atoms with van der Waals surface area (Å²) in [5.41, 5.74) is 3.38. The van der Waals surface area contributed by atoms with Crippen LogP contribution >= 0.6 is 34.2 Å². The molecule has 1 aliphatic carbocycles. The van der Waals surface area contributed by atoms with Gasteiger partial charge in [0.1, 0.15) is 17.3 Å². The standard InChI is InChI=1S/C19H18ClFINO2/c1-24-8-2-7-23-17-5-3-15-18(6-4-16(22)19(15)17)25-14-10-12(20)9-13(21)11-14/h4,6,9-11H,2-3,5,7-8H2,1H3/b23-17+. The van der Waals surface area contributed by atoms with E-state index >= 15 is 0 Å². The summed E-state index contributed by atoms with van der Waals surface area (Å²) in [6.45, 7) is 1.47. The lowest BCUT2D eigenvalue weighted by Gasteiger charge is -2.12. The maximum atomic E-state index is 13.5. The second-order valence-corrected chi connectivity index (χ2v) is 7.38. The third-order valence-electron chi connectivity index (χ3n) is 3.99. The van der Waals surface area contributed by atoms with Crippen molar-refractivity contribution >= 4 is 39.9 Å². The molecule has 3 nitrogen and oxygen atoms in total. The predicted octanol–water partition coefficient (Wildman–Crippen LogP) is 5.65. The molecule has 0 fully saturated rings. The second-order valence-electron chi connectivity index (χ2n) is 5.78. The Morgan fingerprint density at radius 2 is 2.08 bits per heavy atom. The Hall–Kier alpha value is -1.18. The Kier molecular flexibility index (Phi) is 6.30. The van der Waals surface area contributed by atoms with E-state index in [2.05, 4.69) is 22.6 Å². The SMILES string of the molecule is COCCC/N=C1\CCc2c(Oc3cc(F)cc(Cl)c3)ccc(I)c21. The largest absolute Gasteiger partial charge is 0.457 e. The molecule has 0 spiro atoms. The first kappa shape index (κ1) is 18.6. The number of hydrogen-bond donors (Lipinski definition) is 0. The minimum absolute atomic E-state index is 0.317. The van der Waals surface area contributed by atoms with E-state index in [0.29, 0.717) is 17.4 Å². The third-order valence-corrected chi connectivity index (χ3v) is 5.11. The lowest BCUT2D eigenvalue weighted by molar-refractivity contribution is 0.197. The van der Waals surface area contributed by atoms with Crippen molar-refractivity contribution in [3.05, 3.63) is 55.9 Å². The van der Waals surface area contributed by atoms with E-state index < -0.39 is 5.82 Å². The van der Waals surface area contributed by atoms with Crippen molar-refractivity contribution < 1.29 is 13.9 Å². The highest BCUT2D eigenvalue weighted by molar-refractivity contribution is 14.1. The molecule has 2 aromatic rings. The van der Waals surface area contributed by atoms with Crippen molar-refractivity contribution in [3.63, 3.8) is 0 Å². The first-order chi connectivity index (χ1) is 12.1. The number of halogens is 3. The van der Waals surface area contributed by atoms with E-state index in [1.165, 1.54) is 12.1 Å². The van der Waals surface area contributed by atoms with Crippen LogP contribution in [0.3, 0.4) is 0 Å². The van der Waals surface area contributed by atoms with Gasteiger partial charge in [-0.15, -0.1) is 0 Å². The van der Waals surface area contributed by atoms with Crippen LogP contribution in [0.2, 0.25) is 5.02 Å². The molecule has 0 bridgehead atoms. The van der Waals surface area contributed by atoms with Crippen LogP contribution in [0.25, 0.3) is 0 Å². The van der Waals surface area contributed by atoms with Gasteiger partial charge in [-0.25, -0.2) is 4.39 Å². The average molecular weight is 474 g/mol. The Balaban J connectivity index is 1.87. The highest BCUT2D eigenvalue weighted by atomic mass is 127. The van der Waals surface area contributed by atoms with Gasteiger partial charge in [0, 0.05) is 51.8 Å². The molecule has 0 saturated heterocycles. The van der Waals surface area contributed by atoms with Crippen LogP contribution in [0.5, 0.6) is 11.5 Å². The smallest absolute Gasteiger partial charge is 0.131 e. The molecule has 0 saturated carbocycles. The van der Waals surface area contributed by atoms with E-state index in [-0.39, 0.29) is 0 Å². The summed E-state index contributed by atoms with van der Waals surface area (Å²) in [5, 5.41) is 0.317. The van der Waals surface area contributed by atoms with Gasteiger partial charge < -0.3 is 9.47 Å². The summed E-state index contributed by atoms with van der Waals surface area (Å²) in [7, 11) is 1.70. The summed E-state index contributed by atoms with van der Waals surface area (Å²) in [4.78, 5) is 4.73. The lowest BCUT2D eigenvalue weighted by Crippen LogP contribution is -2.01. The minimum atomic E-state index is -0.412. The highest BCUT2D eigenvalue weighted by Crippen LogP contribution is 2.37. The normalized spacial score (nSPS) is 14.8. The molecule has 0 heterocycles. The minimum Gasteiger partial charge on any atom is -0.457 e. The Morgan fingerprint density at radius 3 is 2.84 bits per heavy atom. The van der Waals surface area contributed by atoms with Crippen LogP contribution in [0.1, 0.15) is 24.0 Å². The number of aliphatic imine (C=N–C) groups is 1. The average Bonchev–Trinajstić information content (AvgIpc) is 2.98. The van der Waals surface area contributed by atoms with Gasteiger partial charge >= 0.3 is 0 Å². The summed E-state index contributed by atoms with van der Waals surface area (Å²) >= 11 is 8.24. The summed E-state index contributed by atoms with van der Waals surface area (Å²) in [6, 6.07) is 8.14. The van der Waals surface area contributed by atoms with Crippen LogP contribution in [0.4, 0.5) is 4.39 Å². The van der Waals surface area contributed by atoms with Gasteiger partial charge in [0.2, 0.25) is 0 Å². The van der Waals surface area contributed by atoms with Gasteiger partial charge in [0.15, 0.2) is 0 Å². The predicted molar refractivity (Wildman–Crippen MR) is 107 cm³/mol. The zero-order valence-corrected chi connectivity index (χ0v) is 16.7. The lowest BCUT2D eigenvalue weighted by atomic mass is 10.1. The van der Waals surface area contributed by atoms with Crippen LogP contribution in [0.15, 0.2) is 35.3 Å². The number of benzene rings is 2. The number of ether oxygens (including phenoxy) is 2. The summed E-state index contributed by atoms with van der Waals surface area (Å²) < 4.78 is 25.7. The van der Waals surface area contributed by atoms with E-state index in [1.54, 1.807) is 13.2 Å². The van der Waals surface area contributed by atoms with Gasteiger partial charge in [-0.2, -0.15) is 0 Å². The van der Waals surface area contributed by atoms with Gasteiger partial charge in [-0.3, -0.25) is 4.99 Å². The van der Waals surface area contributed by atoms with Crippen LogP contribution < -0.4 is 4.74 Å². The van der Waals surface area contributed by atoms with E-state index in [9.17, 15) is 4.39 Å². The Labute approximate surface area is 165 Å². The number of methoxy groups -OCH3 is 1. The molecule has 3 rings (SSSR count). The van der Waals surface area contributed by atoms with Gasteiger partial charge in [-0.05, 0) is 66.1 Å². The fraction of sp³-hybridized carbons (Fsp3) is 0.316. The maximum absolute atomic E-state index is 13.5. The van der Waals surface area contributed by atoms with Crippen molar-refractivity contribution in [1.29, 1.82) is 0 Å². The molecule has 0 unspecified atom stereocenters. The molecule has 0 aliphatic heterocycles. The molecule has 1 aliphatic rings. The fourth-order valence-corrected chi connectivity index (χ4v) is 3.95. The molecule has 0 amide bonds. The van der Waals surface area contributed by atoms with Gasteiger partial charge in [0.05, 0.1) is 0 Å². The van der Waals surface area contributed by atoms with Crippen LogP contribution in [-0.2, 0) is 11.2 Å². The molecule has 0 radical (unpaired) electrons. The topological polar surface area (TPSA) is 30.8 Å². The molecule has 0 aromatic heterocycles. The molecule has 25 heavy (non-hydrogen) atoms. The van der Waals surface area contributed by atoms with Gasteiger partial charge in [-0.1, -0.05) is 11.6 Å². The fourth-order valence-electron chi connectivity index (χ4n) is 2.92. The molecule has 132 valence electrons. The maximum Gasteiger partial charge on any atom is 0.131 e. The van der Waals surface area contributed by atoms with Crippen molar-refractivity contribution in [1.82, 2.24) is 0 Å². The molecular weight excluding hydrogens is 456 g/mol. The quantitative estimate of drug-likeness (QED) is 0.401. The summed E-state index contributed by atoms with van der Waals surface area (Å²) in [5.74, 6) is 0.725. The second kappa shape index (κ2) is 8.47. The first-order valence-corrected chi connectivity index (χ1v) is 9.52. The van der Waals surface area contributed by atoms with Crippen molar-refractivity contribution in [3.8, 4) is 11.5 Å². The van der Waals surface area contributed by atoms with E-state index in [4.69, 9.17) is 26.1 Å². The zero-order chi connectivity index (χ0) is 17.8. The molecular formula is C19H18ClFINO2. The highest BCUT2D eigenvalue weighted by Gasteiger charge is 2.24. The monoisotopic (exact) mass is 473 g/mol. The third kappa shape index (κ3) is 4.51. The molecule has 2 aromatic carbocycles. The Bertz CT molecular complexity index is 790. The number of rotatable bonds is 6. The van der Waals surface area contributed by atoms with E-state index in [0.717, 1.165) is 52.0 Å². The zero-order valence-electron chi connectivity index (χ0n) is 13.8. The van der Waals surface area contributed by atoms with Gasteiger partial charge in [0.25, 0.3) is 0 Å². The van der Waals surface area contributed by atoms with Crippen molar-refractivity contribution in [2.75, 3.05) is 20.3 Å². The molecule has 6 heteroatoms. The molecule has 0 N–H and O–H groups in total. The van der Waals surface area contributed by atoms with Crippen molar-refractivity contribution in [2.45, 2.75) is 19.3 Å². The van der Waals surface area contributed by atoms with Crippen LogP contribution in [-0.4, -0.2) is 26.0 Å². The number of nitrogens with zero attached hydrogens (tertiary/aromatic N) is 1. The number of fused-ring (bicyclic) bond motifs is 1. The van der Waals surface area contributed by atoms with E-state index in [1.807, 2.05) is 12.1 Å². The first-order valence-electron chi connectivity index (χ1n) is 8.06. The van der Waals surface area contributed by atoms with Crippen molar-refractivity contribution in [2.24, 2.45) is 4.99 Å². The Morgan fingerprint density at radius 1 is 1.24 bits per heavy atom. The van der Waals surface area contributed by atoms with Crippen LogP contribution in [0, 0.1) is 9.39 Å². The molecule has 0 atom stereocenters.